The molecule has 2 aliphatic heterocycles. The van der Waals surface area contributed by atoms with Crippen LogP contribution in [0, 0.1) is 6.42 Å². The molecule has 0 radical (unpaired) electrons. The Morgan fingerprint density at radius 1 is 1.13 bits per heavy atom. The molecule has 2 heterocycles. The standard InChI is InChI=1S/C9H16N2O15P3.Hg/c12-5-1-2-11(9(15)10-5)8-7(14)6(13)4(24-8)3-23-28(19,20)26-29(21,22)25-27(16,17)18;/h1,4,6-8,13-14H,2-3H2,(H,19,20)(H,21,22)(H,10,12,15)(H2,16,17,18);/q-1;+2. The Morgan fingerprint density at radius 2 is 1.73 bits per heavy atom. The molecule has 3 amide bonds. The second kappa shape index (κ2) is 10.3. The molecule has 21 heteroatoms. The number of imide groups is 1. The van der Waals surface area contributed by atoms with Gasteiger partial charge in [-0.2, -0.15) is 0 Å². The van der Waals surface area contributed by atoms with Gasteiger partial charge in [-0.05, 0) is 0 Å². The molecule has 6 atom stereocenters. The Kier molecular flexibility index (Phi) is 9.65. The van der Waals surface area contributed by atoms with Crippen LogP contribution in [-0.2, 0) is 64.0 Å². The normalized spacial score (nSPS) is 31.2. The molecule has 2 saturated heterocycles. The number of rotatable bonds is 8. The van der Waals surface area contributed by atoms with E-state index in [2.05, 4.69) is 13.1 Å². The largest absolute Gasteiger partial charge is 2.00 e. The number of phosphoric acid groups is 3. The van der Waals surface area contributed by atoms with Crippen molar-refractivity contribution in [2.24, 2.45) is 0 Å². The van der Waals surface area contributed by atoms with E-state index in [-0.39, 0.29) is 39.9 Å². The zero-order chi connectivity index (χ0) is 22.2. The number of aliphatic hydroxyl groups excluding tert-OH is 2. The molecule has 3 N–H and O–H groups in total. The predicted octanol–water partition coefficient (Wildman–Crippen LogP) is -4.55. The summed E-state index contributed by atoms with van der Waals surface area (Å²) in [5, 5.41) is 21.7. The third-order valence-corrected chi connectivity index (χ3v) is 7.07. The monoisotopic (exact) mass is 687 g/mol. The zero-order valence-corrected chi connectivity index (χ0v) is 22.7. The molecule has 30 heavy (non-hydrogen) atoms. The van der Waals surface area contributed by atoms with E-state index in [1.165, 1.54) is 0 Å². The summed E-state index contributed by atoms with van der Waals surface area (Å²) in [5.41, 5.74) is 0. The number of hydrogen-bond acceptors (Lipinski definition) is 15. The minimum Gasteiger partial charge on any atom is -0.790 e. The SMILES string of the molecule is O=C1[CH-]CN(C2OC(COP(=O)([O-])OP(=O)([O-])OP(=O)([O-])[O-])C(O)C2O)C(=O)N1.[H+].[H+].[H+].[H+].[Hg+2]. The number of carbonyl (C=O) groups is 2. The molecule has 0 saturated carbocycles. The number of urea groups is 1. The number of amides is 3. The first-order valence-corrected chi connectivity index (χ1v) is 11.7. The van der Waals surface area contributed by atoms with Crippen LogP contribution in [0.1, 0.15) is 5.71 Å². The summed E-state index contributed by atoms with van der Waals surface area (Å²) in [6.45, 7) is -1.46. The van der Waals surface area contributed by atoms with Crippen molar-refractivity contribution in [1.29, 1.82) is 0 Å². The fourth-order valence-corrected chi connectivity index (χ4v) is 5.15. The third kappa shape index (κ3) is 7.87. The Bertz CT molecular complexity index is 822. The molecule has 168 valence electrons. The summed E-state index contributed by atoms with van der Waals surface area (Å²) < 4.78 is 48.3. The van der Waals surface area contributed by atoms with Gasteiger partial charge in [-0.25, -0.2) is 9.11 Å². The van der Waals surface area contributed by atoms with Crippen molar-refractivity contribution < 1.29 is 104 Å². The quantitative estimate of drug-likeness (QED) is 0.123. The summed E-state index contributed by atoms with van der Waals surface area (Å²) >= 11 is 0. The van der Waals surface area contributed by atoms with Gasteiger partial charge >= 0.3 is 39.4 Å². The number of nitrogens with zero attached hydrogens (tertiary/aromatic N) is 1. The first kappa shape index (κ1) is 28.1. The van der Waals surface area contributed by atoms with E-state index in [1.807, 2.05) is 5.32 Å². The van der Waals surface area contributed by atoms with E-state index >= 15 is 0 Å². The second-order valence-corrected chi connectivity index (χ2v) is 9.75. The van der Waals surface area contributed by atoms with E-state index in [9.17, 15) is 53.1 Å². The van der Waals surface area contributed by atoms with E-state index in [4.69, 9.17) is 4.74 Å². The minimum absolute atomic E-state index is 0. The van der Waals surface area contributed by atoms with Crippen LogP contribution in [0.4, 0.5) is 4.79 Å². The molecular formula is C9H16HgN2O15P3+. The van der Waals surface area contributed by atoms with Gasteiger partial charge in [-0.1, -0.05) is 6.54 Å². The average molecular weight is 686 g/mol. The number of phosphoric ester groups is 1. The number of ether oxygens (including phenoxy) is 1. The first-order valence-electron chi connectivity index (χ1n) is 7.28. The van der Waals surface area contributed by atoms with Gasteiger partial charge in [0.2, 0.25) is 0 Å². The predicted molar refractivity (Wildman–Crippen MR) is 80.6 cm³/mol. The number of hydrogen-bond donors (Lipinski definition) is 3. The van der Waals surface area contributed by atoms with Crippen molar-refractivity contribution in [3.05, 3.63) is 6.42 Å². The van der Waals surface area contributed by atoms with Crippen molar-refractivity contribution >= 4 is 35.4 Å². The molecule has 6 unspecified atom stereocenters. The van der Waals surface area contributed by atoms with Crippen LogP contribution in [0.2, 0.25) is 0 Å². The van der Waals surface area contributed by atoms with Crippen molar-refractivity contribution in [2.75, 3.05) is 13.2 Å². The van der Waals surface area contributed by atoms with Crippen molar-refractivity contribution in [2.45, 2.75) is 24.5 Å². The molecule has 0 aromatic carbocycles. The van der Waals surface area contributed by atoms with E-state index in [0.29, 0.717) is 0 Å². The molecule has 2 fully saturated rings. The first-order chi connectivity index (χ1) is 13.1. The van der Waals surface area contributed by atoms with Crippen LogP contribution >= 0.6 is 23.5 Å². The molecule has 2 aliphatic rings. The molecule has 0 aromatic heterocycles. The summed E-state index contributed by atoms with van der Waals surface area (Å²) in [6, 6.07) is -0.975. The molecule has 0 aromatic rings. The van der Waals surface area contributed by atoms with Gasteiger partial charge in [0.15, 0.2) is 6.23 Å². The van der Waals surface area contributed by atoms with E-state index in [1.54, 1.807) is 0 Å². The van der Waals surface area contributed by atoms with Crippen LogP contribution in [-0.4, -0.2) is 64.7 Å². The smallest absolute Gasteiger partial charge is 0.790 e. The van der Waals surface area contributed by atoms with E-state index < -0.39 is 66.6 Å². The Labute approximate surface area is 194 Å². The topological polar surface area (TPSA) is 270 Å². The Hall–Kier alpha value is 0.0351. The number of nitrogens with one attached hydrogen (secondary N) is 1. The van der Waals surface area contributed by atoms with Crippen LogP contribution in [0.5, 0.6) is 0 Å². The fraction of sp³-hybridized carbons (Fsp3) is 0.667. The van der Waals surface area contributed by atoms with Crippen LogP contribution in [0.25, 0.3) is 0 Å². The van der Waals surface area contributed by atoms with E-state index in [0.717, 1.165) is 11.3 Å². The van der Waals surface area contributed by atoms with Crippen LogP contribution in [0.3, 0.4) is 0 Å². The van der Waals surface area contributed by atoms with Gasteiger partial charge < -0.3 is 58.6 Å². The Balaban J connectivity index is -0.000000900. The van der Waals surface area contributed by atoms with Gasteiger partial charge in [-0.3, -0.25) is 19.9 Å². The molecule has 0 bridgehead atoms. The van der Waals surface area contributed by atoms with Gasteiger partial charge in [0, 0.05) is 0 Å². The molecule has 17 nitrogen and oxygen atoms in total. The van der Waals surface area contributed by atoms with Crippen LogP contribution < -0.4 is 24.9 Å². The van der Waals surface area contributed by atoms with Gasteiger partial charge in [0.1, 0.15) is 18.3 Å². The van der Waals surface area contributed by atoms with Crippen molar-refractivity contribution in [3.8, 4) is 0 Å². The third-order valence-electron chi connectivity index (χ3n) is 3.41. The maximum Gasteiger partial charge on any atom is 2.00 e. The minimum atomic E-state index is -6.16. The second-order valence-electron chi connectivity index (χ2n) is 5.50. The summed E-state index contributed by atoms with van der Waals surface area (Å²) in [7, 11) is -18.1. The van der Waals surface area contributed by atoms with Gasteiger partial charge in [0.25, 0.3) is 15.6 Å². The molecular weight excluding hydrogens is 670 g/mol. The fourth-order valence-electron chi connectivity index (χ4n) is 2.28. The maximum atomic E-state index is 11.7. The summed E-state index contributed by atoms with van der Waals surface area (Å²) in [4.78, 5) is 66.6. The van der Waals surface area contributed by atoms with Crippen molar-refractivity contribution in [1.82, 2.24) is 10.2 Å². The summed E-state index contributed by atoms with van der Waals surface area (Å²) in [5.74, 6) is -0.714. The number of aliphatic hydroxyl groups is 2. The molecule has 2 rings (SSSR count). The molecule has 0 spiro atoms. The van der Waals surface area contributed by atoms with Gasteiger partial charge in [-0.15, -0.1) is 0 Å². The van der Waals surface area contributed by atoms with Crippen molar-refractivity contribution in [3.63, 3.8) is 0 Å². The molecule has 0 aliphatic carbocycles. The average Bonchev–Trinajstić information content (AvgIpc) is 2.78. The Morgan fingerprint density at radius 3 is 2.27 bits per heavy atom. The van der Waals surface area contributed by atoms with Crippen LogP contribution in [0.15, 0.2) is 0 Å². The summed E-state index contributed by atoms with van der Waals surface area (Å²) in [6.07, 6.45) is -5.75. The van der Waals surface area contributed by atoms with Gasteiger partial charge in [0.05, 0.1) is 20.3 Å². The maximum absolute atomic E-state index is 11.7. The number of carbonyl (C=O) groups excluding carboxylic acids is 2. The zero-order valence-electron chi connectivity index (χ0n) is 18.5.